The van der Waals surface area contributed by atoms with Gasteiger partial charge in [0.2, 0.25) is 0 Å². The van der Waals surface area contributed by atoms with Gasteiger partial charge in [0, 0.05) is 0 Å². The van der Waals surface area contributed by atoms with E-state index in [0.29, 0.717) is 0 Å². The van der Waals surface area contributed by atoms with E-state index in [0.717, 1.165) is 23.0 Å². The summed E-state index contributed by atoms with van der Waals surface area (Å²) in [6.45, 7) is 2.29. The number of benzene rings is 2. The molecule has 0 nitrogen and oxygen atoms in total. The zero-order chi connectivity index (χ0) is 17.6. The van der Waals surface area contributed by atoms with Gasteiger partial charge in [0.1, 0.15) is 5.82 Å². The fourth-order valence-corrected chi connectivity index (χ4v) is 4.00. The maximum absolute atomic E-state index is 13.5. The highest BCUT2D eigenvalue weighted by Gasteiger charge is 2.21. The zero-order valence-corrected chi connectivity index (χ0v) is 15.6. The second kappa shape index (κ2) is 8.67. The van der Waals surface area contributed by atoms with E-state index in [4.69, 9.17) is 11.6 Å². The fourth-order valence-electron chi connectivity index (χ4n) is 3.88. The maximum Gasteiger partial charge on any atom is 0.142 e. The summed E-state index contributed by atoms with van der Waals surface area (Å²) < 4.78 is 13.5. The molecule has 1 fully saturated rings. The van der Waals surface area contributed by atoms with Gasteiger partial charge in [0.05, 0.1) is 5.02 Å². The van der Waals surface area contributed by atoms with E-state index in [-0.39, 0.29) is 10.8 Å². The molecular weight excluding hydrogens is 331 g/mol. The van der Waals surface area contributed by atoms with Gasteiger partial charge < -0.3 is 0 Å². The molecule has 2 aromatic rings. The molecule has 132 valence electrons. The van der Waals surface area contributed by atoms with Gasteiger partial charge in [-0.15, -0.1) is 0 Å². The molecule has 0 amide bonds. The van der Waals surface area contributed by atoms with Crippen molar-refractivity contribution in [3.8, 4) is 0 Å². The van der Waals surface area contributed by atoms with Crippen molar-refractivity contribution in [1.82, 2.24) is 0 Å². The van der Waals surface area contributed by atoms with Gasteiger partial charge in [-0.25, -0.2) is 4.39 Å². The van der Waals surface area contributed by atoms with Crippen LogP contribution in [-0.2, 0) is 0 Å². The lowest BCUT2D eigenvalue weighted by Crippen LogP contribution is -2.13. The minimum atomic E-state index is -0.377. The monoisotopic (exact) mass is 356 g/mol. The van der Waals surface area contributed by atoms with Crippen LogP contribution in [0.25, 0.3) is 12.2 Å². The molecule has 0 unspecified atom stereocenters. The third kappa shape index (κ3) is 4.95. The van der Waals surface area contributed by atoms with Crippen molar-refractivity contribution in [2.24, 2.45) is 5.92 Å². The Balaban J connectivity index is 1.60. The average Bonchev–Trinajstić information content (AvgIpc) is 2.64. The normalized spacial score (nSPS) is 20.9. The molecule has 2 aromatic carbocycles. The van der Waals surface area contributed by atoms with Gasteiger partial charge in [-0.3, -0.25) is 0 Å². The van der Waals surface area contributed by atoms with Crippen molar-refractivity contribution >= 4 is 23.8 Å². The molecule has 3 rings (SSSR count). The smallest absolute Gasteiger partial charge is 0.142 e. The molecule has 2 heteroatoms. The number of halogens is 2. The first-order chi connectivity index (χ1) is 12.2. The molecule has 1 aliphatic rings. The summed E-state index contributed by atoms with van der Waals surface area (Å²) in [5.74, 6) is 1.29. The van der Waals surface area contributed by atoms with Gasteiger partial charge in [0.15, 0.2) is 0 Å². The second-order valence-corrected chi connectivity index (χ2v) is 7.59. The van der Waals surface area contributed by atoms with Crippen LogP contribution in [0, 0.1) is 11.7 Å². The van der Waals surface area contributed by atoms with Crippen LogP contribution in [0.3, 0.4) is 0 Å². The van der Waals surface area contributed by atoms with E-state index in [9.17, 15) is 4.39 Å². The standard InChI is InChI=1S/C23H26ClF/c1-2-3-17-6-11-20(12-7-17)21-13-8-18(9-14-21)4-5-19-10-15-22(24)23(25)16-19/h4-5,8-10,13-17,20H,2-3,6-7,11-12H2,1H3/b5-4+/t17-,20-. The predicted octanol–water partition coefficient (Wildman–Crippen LogP) is 7.72. The van der Waals surface area contributed by atoms with E-state index in [1.807, 2.05) is 18.2 Å². The Bertz CT molecular complexity index is 709. The zero-order valence-electron chi connectivity index (χ0n) is 14.8. The molecule has 0 aromatic heterocycles. The summed E-state index contributed by atoms with van der Waals surface area (Å²) >= 11 is 5.72. The Morgan fingerprint density at radius 2 is 1.60 bits per heavy atom. The SMILES string of the molecule is CCC[C@H]1CC[C@H](c2ccc(/C=C/c3ccc(Cl)c(F)c3)cc2)CC1. The topological polar surface area (TPSA) is 0 Å². The predicted molar refractivity (Wildman–Crippen MR) is 106 cm³/mol. The number of rotatable bonds is 5. The summed E-state index contributed by atoms with van der Waals surface area (Å²) in [6, 6.07) is 13.7. The van der Waals surface area contributed by atoms with Gasteiger partial charge in [-0.2, -0.15) is 0 Å². The quantitative estimate of drug-likeness (QED) is 0.481. The van der Waals surface area contributed by atoms with Crippen LogP contribution in [-0.4, -0.2) is 0 Å². The molecule has 0 bridgehead atoms. The minimum absolute atomic E-state index is 0.162. The minimum Gasteiger partial charge on any atom is -0.205 e. The first kappa shape index (κ1) is 18.2. The fraction of sp³-hybridized carbons (Fsp3) is 0.391. The molecule has 0 aliphatic heterocycles. The summed E-state index contributed by atoms with van der Waals surface area (Å²) in [6.07, 6.45) is 12.0. The van der Waals surface area contributed by atoms with Crippen LogP contribution in [0.1, 0.15) is 68.1 Å². The van der Waals surface area contributed by atoms with Crippen LogP contribution in [0.5, 0.6) is 0 Å². The Morgan fingerprint density at radius 3 is 2.24 bits per heavy atom. The van der Waals surface area contributed by atoms with Gasteiger partial charge in [-0.1, -0.05) is 73.9 Å². The highest BCUT2D eigenvalue weighted by atomic mass is 35.5. The van der Waals surface area contributed by atoms with Crippen molar-refractivity contribution in [3.05, 3.63) is 70.0 Å². The average molecular weight is 357 g/mol. The van der Waals surface area contributed by atoms with Crippen molar-refractivity contribution in [2.75, 3.05) is 0 Å². The Morgan fingerprint density at radius 1 is 0.960 bits per heavy atom. The van der Waals surface area contributed by atoms with Crippen LogP contribution in [0.2, 0.25) is 5.02 Å². The first-order valence-electron chi connectivity index (χ1n) is 9.39. The van der Waals surface area contributed by atoms with E-state index >= 15 is 0 Å². The number of hydrogen-bond acceptors (Lipinski definition) is 0. The largest absolute Gasteiger partial charge is 0.205 e. The van der Waals surface area contributed by atoms with Crippen LogP contribution in [0.15, 0.2) is 42.5 Å². The summed E-state index contributed by atoms with van der Waals surface area (Å²) in [4.78, 5) is 0. The molecule has 1 saturated carbocycles. The third-order valence-corrected chi connectivity index (χ3v) is 5.67. The first-order valence-corrected chi connectivity index (χ1v) is 9.76. The Labute approximate surface area is 155 Å². The molecule has 0 saturated heterocycles. The molecule has 0 atom stereocenters. The molecule has 0 spiro atoms. The van der Waals surface area contributed by atoms with Crippen LogP contribution >= 0.6 is 11.6 Å². The van der Waals surface area contributed by atoms with Crippen molar-refractivity contribution < 1.29 is 4.39 Å². The number of hydrogen-bond donors (Lipinski definition) is 0. The van der Waals surface area contributed by atoms with Crippen LogP contribution < -0.4 is 0 Å². The van der Waals surface area contributed by atoms with E-state index in [1.165, 1.54) is 50.2 Å². The van der Waals surface area contributed by atoms with Crippen molar-refractivity contribution in [1.29, 1.82) is 0 Å². The highest BCUT2D eigenvalue weighted by molar-refractivity contribution is 6.30. The summed E-state index contributed by atoms with van der Waals surface area (Å²) in [5, 5.41) is 0.162. The van der Waals surface area contributed by atoms with Crippen molar-refractivity contribution in [2.45, 2.75) is 51.4 Å². The molecule has 25 heavy (non-hydrogen) atoms. The highest BCUT2D eigenvalue weighted by Crippen LogP contribution is 2.37. The van der Waals surface area contributed by atoms with E-state index in [2.05, 4.69) is 31.2 Å². The Kier molecular flexibility index (Phi) is 6.31. The molecular formula is C23H26ClF. The van der Waals surface area contributed by atoms with E-state index in [1.54, 1.807) is 6.07 Å². The molecule has 0 N–H and O–H groups in total. The lowest BCUT2D eigenvalue weighted by Gasteiger charge is -2.28. The van der Waals surface area contributed by atoms with Crippen LogP contribution in [0.4, 0.5) is 4.39 Å². The molecule has 0 heterocycles. The molecule has 1 aliphatic carbocycles. The molecule has 0 radical (unpaired) electrons. The lowest BCUT2D eigenvalue weighted by atomic mass is 9.77. The third-order valence-electron chi connectivity index (χ3n) is 5.36. The van der Waals surface area contributed by atoms with Gasteiger partial charge >= 0.3 is 0 Å². The summed E-state index contributed by atoms with van der Waals surface area (Å²) in [7, 11) is 0. The van der Waals surface area contributed by atoms with Gasteiger partial charge in [0.25, 0.3) is 0 Å². The maximum atomic E-state index is 13.5. The Hall–Kier alpha value is -1.60. The van der Waals surface area contributed by atoms with Crippen molar-refractivity contribution in [3.63, 3.8) is 0 Å². The van der Waals surface area contributed by atoms with Gasteiger partial charge in [-0.05, 0) is 66.3 Å². The second-order valence-electron chi connectivity index (χ2n) is 7.18. The lowest BCUT2D eigenvalue weighted by molar-refractivity contribution is 0.308. The summed E-state index contributed by atoms with van der Waals surface area (Å²) in [5.41, 5.74) is 3.42. The van der Waals surface area contributed by atoms with E-state index < -0.39 is 0 Å².